The van der Waals surface area contributed by atoms with Crippen LogP contribution in [0.15, 0.2) is 78.4 Å². The van der Waals surface area contributed by atoms with Gasteiger partial charge in [0.15, 0.2) is 0 Å². The molecule has 3 heteroatoms. The minimum absolute atomic E-state index is 0.218. The molecule has 0 saturated heterocycles. The molecule has 1 saturated carbocycles. The molecular formula is C29H30N2O. The first kappa shape index (κ1) is 20.8. The van der Waals surface area contributed by atoms with Crippen LogP contribution in [-0.2, 0) is 10.3 Å². The molecule has 1 heterocycles. The molecule has 0 radical (unpaired) electrons. The molecule has 2 aliphatic carbocycles. The minimum Gasteiger partial charge on any atom is -0.318 e. The summed E-state index contributed by atoms with van der Waals surface area (Å²) in [6, 6.07) is 19.6. The zero-order valence-electron chi connectivity index (χ0n) is 18.8. The van der Waals surface area contributed by atoms with Gasteiger partial charge in [0, 0.05) is 11.3 Å². The van der Waals surface area contributed by atoms with Crippen LogP contribution in [0.1, 0.15) is 50.7 Å². The van der Waals surface area contributed by atoms with Crippen LogP contribution in [0.25, 0.3) is 10.5 Å². The highest BCUT2D eigenvalue weighted by atomic mass is 16.2. The Balaban J connectivity index is 1.67. The second-order valence-electron chi connectivity index (χ2n) is 10.2. The van der Waals surface area contributed by atoms with Gasteiger partial charge in [0.05, 0.1) is 5.92 Å². The first-order valence-corrected chi connectivity index (χ1v) is 11.7. The Labute approximate surface area is 191 Å². The number of nitrogens with zero attached hydrogens (tertiary/aromatic N) is 1. The van der Waals surface area contributed by atoms with E-state index in [0.29, 0.717) is 17.3 Å². The highest BCUT2D eigenvalue weighted by Crippen LogP contribution is 2.55. The van der Waals surface area contributed by atoms with E-state index >= 15 is 0 Å². The van der Waals surface area contributed by atoms with Crippen molar-refractivity contribution in [2.24, 2.45) is 23.2 Å². The van der Waals surface area contributed by atoms with Gasteiger partial charge in [-0.25, -0.2) is 6.57 Å². The third-order valence-electron chi connectivity index (χ3n) is 8.13. The Morgan fingerprint density at radius 1 is 1.03 bits per heavy atom. The fraction of sp³-hybridized carbons (Fsp3) is 0.379. The van der Waals surface area contributed by atoms with E-state index < -0.39 is 5.54 Å². The van der Waals surface area contributed by atoms with Crippen molar-refractivity contribution in [1.82, 2.24) is 5.32 Å². The normalized spacial score (nSPS) is 31.0. The maximum atomic E-state index is 13.8. The zero-order chi connectivity index (χ0) is 22.3. The molecule has 1 N–H and O–H groups in total. The zero-order valence-corrected chi connectivity index (χ0v) is 18.8. The van der Waals surface area contributed by atoms with Crippen molar-refractivity contribution in [3.05, 3.63) is 101 Å². The highest BCUT2D eigenvalue weighted by Gasteiger charge is 2.59. The number of carbonyl (C=O) groups is 1. The number of fused-ring (bicyclic) bond motifs is 2. The molecule has 2 bridgehead atoms. The fourth-order valence-electron chi connectivity index (χ4n) is 6.07. The standard InChI is InChI=1S/C29H30N2O/c1-28(2)17-16-21-18-23(28)14-15-24(21)25-19-26(20-10-6-4-7-11-20)31-27(32)29(25,30-3)22-12-8-5-9-13-22/h4-13,15,19,21,23,25H,14,16-18H2,1-2H3,(H,31,32)/t21-,23-,25+,29-/m1/s1. The summed E-state index contributed by atoms with van der Waals surface area (Å²) in [7, 11) is 0. The van der Waals surface area contributed by atoms with Crippen molar-refractivity contribution >= 4 is 11.6 Å². The average molecular weight is 423 g/mol. The lowest BCUT2D eigenvalue weighted by Crippen LogP contribution is -2.51. The molecule has 2 aromatic rings. The summed E-state index contributed by atoms with van der Waals surface area (Å²) in [5.41, 5.74) is 2.96. The van der Waals surface area contributed by atoms with E-state index in [0.717, 1.165) is 36.1 Å². The van der Waals surface area contributed by atoms with E-state index in [1.165, 1.54) is 12.0 Å². The van der Waals surface area contributed by atoms with Crippen molar-refractivity contribution in [2.45, 2.75) is 45.1 Å². The van der Waals surface area contributed by atoms with Gasteiger partial charge in [0.25, 0.3) is 0 Å². The van der Waals surface area contributed by atoms with Gasteiger partial charge in [0.2, 0.25) is 0 Å². The van der Waals surface area contributed by atoms with E-state index in [4.69, 9.17) is 6.57 Å². The molecule has 1 aliphatic heterocycles. The number of benzene rings is 2. The molecule has 2 aromatic carbocycles. The van der Waals surface area contributed by atoms with Crippen LogP contribution < -0.4 is 5.32 Å². The molecule has 0 unspecified atom stereocenters. The van der Waals surface area contributed by atoms with Crippen LogP contribution in [0.5, 0.6) is 0 Å². The monoisotopic (exact) mass is 422 g/mol. The topological polar surface area (TPSA) is 33.5 Å². The van der Waals surface area contributed by atoms with Gasteiger partial charge in [-0.05, 0) is 54.6 Å². The number of nitrogens with one attached hydrogen (secondary N) is 1. The number of allylic oxidation sites excluding steroid dienone is 1. The summed E-state index contributed by atoms with van der Waals surface area (Å²) in [5, 5.41) is 3.09. The van der Waals surface area contributed by atoms with Gasteiger partial charge in [-0.15, -0.1) is 0 Å². The number of carbonyl (C=O) groups excluding carboxylic acids is 1. The van der Waals surface area contributed by atoms with Crippen molar-refractivity contribution in [1.29, 1.82) is 0 Å². The molecule has 0 spiro atoms. The Kier molecular flexibility index (Phi) is 5.05. The Bertz CT molecular complexity index is 1120. The van der Waals surface area contributed by atoms with E-state index in [1.54, 1.807) is 0 Å². The third-order valence-corrected chi connectivity index (χ3v) is 8.13. The summed E-state index contributed by atoms with van der Waals surface area (Å²) >= 11 is 0. The van der Waals surface area contributed by atoms with Gasteiger partial charge >= 0.3 is 11.4 Å². The Morgan fingerprint density at radius 3 is 2.41 bits per heavy atom. The quantitative estimate of drug-likeness (QED) is 0.453. The van der Waals surface area contributed by atoms with Gasteiger partial charge < -0.3 is 5.32 Å². The summed E-state index contributed by atoms with van der Waals surface area (Å²) in [6.07, 6.45) is 9.07. The van der Waals surface area contributed by atoms with Gasteiger partial charge in [-0.3, -0.25) is 9.64 Å². The number of rotatable bonds is 3. The summed E-state index contributed by atoms with van der Waals surface area (Å²) in [5.74, 6) is 0.637. The van der Waals surface area contributed by atoms with Crippen LogP contribution in [0.3, 0.4) is 0 Å². The lowest BCUT2D eigenvalue weighted by Gasteiger charge is -2.48. The van der Waals surface area contributed by atoms with E-state index in [9.17, 15) is 4.79 Å². The Morgan fingerprint density at radius 2 is 1.72 bits per heavy atom. The molecule has 32 heavy (non-hydrogen) atoms. The maximum Gasteiger partial charge on any atom is 0.344 e. The first-order valence-electron chi connectivity index (χ1n) is 11.7. The van der Waals surface area contributed by atoms with Gasteiger partial charge in [-0.1, -0.05) is 86.2 Å². The second-order valence-corrected chi connectivity index (χ2v) is 10.2. The lowest BCUT2D eigenvalue weighted by molar-refractivity contribution is -0.125. The van der Waals surface area contributed by atoms with E-state index in [1.807, 2.05) is 60.7 Å². The van der Waals surface area contributed by atoms with E-state index in [2.05, 4.69) is 36.2 Å². The molecule has 4 atom stereocenters. The predicted molar refractivity (Wildman–Crippen MR) is 128 cm³/mol. The average Bonchev–Trinajstić information content (AvgIpc) is 2.83. The summed E-state index contributed by atoms with van der Waals surface area (Å²) < 4.78 is 0. The largest absolute Gasteiger partial charge is 0.344 e. The SMILES string of the molecule is [C-]#[N+][C@@]1(c2ccccc2)C(=O)NC(c2ccccc2)=C[C@H]1C1=CC[C@@H]2C[C@H]1CCC2(C)C. The smallest absolute Gasteiger partial charge is 0.318 e. The van der Waals surface area contributed by atoms with Crippen LogP contribution >= 0.6 is 0 Å². The molecule has 1 fully saturated rings. The molecule has 5 rings (SSSR count). The van der Waals surface area contributed by atoms with Crippen LogP contribution in [0, 0.1) is 29.7 Å². The predicted octanol–water partition coefficient (Wildman–Crippen LogP) is 6.36. The molecule has 0 aromatic heterocycles. The molecular weight excluding hydrogens is 392 g/mol. The molecule has 162 valence electrons. The van der Waals surface area contributed by atoms with E-state index in [-0.39, 0.29) is 11.8 Å². The minimum atomic E-state index is -1.27. The number of hydrogen-bond donors (Lipinski definition) is 1. The first-order chi connectivity index (χ1) is 15.5. The maximum absolute atomic E-state index is 13.8. The summed E-state index contributed by atoms with van der Waals surface area (Å²) in [6.45, 7) is 13.1. The second kappa shape index (κ2) is 7.78. The van der Waals surface area contributed by atoms with Crippen LogP contribution in [0.2, 0.25) is 0 Å². The fourth-order valence-corrected chi connectivity index (χ4v) is 6.07. The summed E-state index contributed by atoms with van der Waals surface area (Å²) in [4.78, 5) is 17.9. The highest BCUT2D eigenvalue weighted by molar-refractivity contribution is 5.99. The van der Waals surface area contributed by atoms with Gasteiger partial charge in [-0.2, -0.15) is 0 Å². The molecule has 3 aliphatic rings. The number of amides is 1. The number of hydrogen-bond acceptors (Lipinski definition) is 1. The third kappa shape index (κ3) is 3.21. The van der Waals surface area contributed by atoms with Crippen molar-refractivity contribution in [3.8, 4) is 0 Å². The van der Waals surface area contributed by atoms with Gasteiger partial charge in [0.1, 0.15) is 0 Å². The van der Waals surface area contributed by atoms with Crippen molar-refractivity contribution < 1.29 is 4.79 Å². The molecule has 3 nitrogen and oxygen atoms in total. The van der Waals surface area contributed by atoms with Crippen LogP contribution in [0.4, 0.5) is 0 Å². The van der Waals surface area contributed by atoms with Crippen molar-refractivity contribution in [2.75, 3.05) is 0 Å². The van der Waals surface area contributed by atoms with Crippen LogP contribution in [-0.4, -0.2) is 5.91 Å². The van der Waals surface area contributed by atoms with Crippen molar-refractivity contribution in [3.63, 3.8) is 0 Å². The molecule has 1 amide bonds. The lowest BCUT2D eigenvalue weighted by atomic mass is 9.57. The Hall–Kier alpha value is -3.12.